The molecule has 34 heavy (non-hydrogen) atoms. The average Bonchev–Trinajstić information content (AvgIpc) is 3.22. The number of pyridine rings is 1. The van der Waals surface area contributed by atoms with Crippen molar-refractivity contribution in [2.24, 2.45) is 0 Å². The molecular formula is C27H27N5O2. The van der Waals surface area contributed by atoms with Crippen molar-refractivity contribution in [1.82, 2.24) is 25.0 Å². The number of phenols is 1. The number of rotatable bonds is 4. The van der Waals surface area contributed by atoms with E-state index in [4.69, 9.17) is 5.10 Å². The number of nitrogens with zero attached hydrogens (tertiary/aromatic N) is 4. The van der Waals surface area contributed by atoms with E-state index in [1.165, 1.54) is 11.1 Å². The number of hydrogen-bond acceptors (Lipinski definition) is 5. The zero-order valence-corrected chi connectivity index (χ0v) is 19.3. The molecule has 172 valence electrons. The summed E-state index contributed by atoms with van der Waals surface area (Å²) >= 11 is 0. The summed E-state index contributed by atoms with van der Waals surface area (Å²) in [6.45, 7) is 7.06. The van der Waals surface area contributed by atoms with Crippen molar-refractivity contribution in [2.75, 3.05) is 26.2 Å². The zero-order valence-electron chi connectivity index (χ0n) is 19.3. The summed E-state index contributed by atoms with van der Waals surface area (Å²) in [5, 5.41) is 18.6. The molecule has 0 radical (unpaired) electrons. The first-order chi connectivity index (χ1) is 16.5. The second-order valence-corrected chi connectivity index (χ2v) is 8.67. The normalized spacial score (nSPS) is 14.2. The second-order valence-electron chi connectivity index (χ2n) is 8.67. The quantitative estimate of drug-likeness (QED) is 0.489. The Labute approximate surface area is 198 Å². The van der Waals surface area contributed by atoms with E-state index < -0.39 is 0 Å². The molecule has 1 saturated heterocycles. The Morgan fingerprint density at radius 1 is 1.00 bits per heavy atom. The molecule has 0 aliphatic carbocycles. The number of aromatic hydroxyl groups is 1. The van der Waals surface area contributed by atoms with Gasteiger partial charge in [-0.2, -0.15) is 5.10 Å². The Morgan fingerprint density at radius 3 is 2.41 bits per heavy atom. The van der Waals surface area contributed by atoms with E-state index in [1.807, 2.05) is 17.1 Å². The highest BCUT2D eigenvalue weighted by Crippen LogP contribution is 2.27. The van der Waals surface area contributed by atoms with E-state index in [0.717, 1.165) is 29.7 Å². The monoisotopic (exact) mass is 453 g/mol. The maximum Gasteiger partial charge on any atom is 0.254 e. The molecule has 0 atom stereocenters. The summed E-state index contributed by atoms with van der Waals surface area (Å²) in [6, 6.07) is 15.0. The smallest absolute Gasteiger partial charge is 0.254 e. The Morgan fingerprint density at radius 2 is 1.71 bits per heavy atom. The minimum atomic E-state index is -0.0137. The van der Waals surface area contributed by atoms with Gasteiger partial charge in [-0.25, -0.2) is 9.67 Å². The molecule has 7 heteroatoms. The third kappa shape index (κ3) is 4.30. The lowest BCUT2D eigenvalue weighted by molar-refractivity contribution is 0.0737. The molecule has 0 bridgehead atoms. The number of amides is 1. The van der Waals surface area contributed by atoms with E-state index in [0.29, 0.717) is 30.0 Å². The summed E-state index contributed by atoms with van der Waals surface area (Å²) in [5.41, 5.74) is 6.08. The van der Waals surface area contributed by atoms with Gasteiger partial charge in [-0.15, -0.1) is 0 Å². The number of aromatic nitrogens is 3. The Bertz CT molecular complexity index is 1360. The Hall–Kier alpha value is -3.97. The summed E-state index contributed by atoms with van der Waals surface area (Å²) < 4.78 is 1.73. The average molecular weight is 454 g/mol. The summed E-state index contributed by atoms with van der Waals surface area (Å²) in [4.78, 5) is 20.0. The first kappa shape index (κ1) is 21.9. The lowest BCUT2D eigenvalue weighted by atomic mass is 10.1. The minimum Gasteiger partial charge on any atom is -0.508 e. The van der Waals surface area contributed by atoms with E-state index in [1.54, 1.807) is 41.2 Å². The maximum absolute atomic E-state index is 13.5. The molecule has 2 aromatic heterocycles. The van der Waals surface area contributed by atoms with Crippen molar-refractivity contribution in [2.45, 2.75) is 13.8 Å². The van der Waals surface area contributed by atoms with Gasteiger partial charge in [0.05, 0.1) is 22.3 Å². The fourth-order valence-electron chi connectivity index (χ4n) is 4.46. The first-order valence-corrected chi connectivity index (χ1v) is 11.4. The fourth-order valence-corrected chi connectivity index (χ4v) is 4.46. The van der Waals surface area contributed by atoms with Gasteiger partial charge in [-0.3, -0.25) is 4.79 Å². The molecule has 0 unspecified atom stereocenters. The number of phenolic OH excluding ortho intramolecular Hbond substituents is 1. The highest BCUT2D eigenvalue weighted by atomic mass is 16.3. The fraction of sp³-hybridized carbons (Fsp3) is 0.222. The number of hydrogen-bond donors (Lipinski definition) is 2. The second kappa shape index (κ2) is 9.11. The van der Waals surface area contributed by atoms with Crippen LogP contribution in [-0.4, -0.2) is 56.9 Å². The van der Waals surface area contributed by atoms with Gasteiger partial charge < -0.3 is 15.3 Å². The highest BCUT2D eigenvalue weighted by Gasteiger charge is 2.24. The number of fused-ring (bicyclic) bond motifs is 1. The molecule has 2 aromatic carbocycles. The Kier molecular flexibility index (Phi) is 5.86. The van der Waals surface area contributed by atoms with Crippen LogP contribution in [0.25, 0.3) is 28.9 Å². The molecule has 1 aliphatic rings. The number of carbonyl (C=O) groups excluding carboxylic acids is 1. The predicted molar refractivity (Wildman–Crippen MR) is 134 cm³/mol. The van der Waals surface area contributed by atoms with Crippen molar-refractivity contribution < 1.29 is 9.90 Å². The number of benzene rings is 2. The summed E-state index contributed by atoms with van der Waals surface area (Å²) in [6.07, 6.45) is 5.63. The van der Waals surface area contributed by atoms with E-state index in [2.05, 4.69) is 42.3 Å². The molecule has 4 aromatic rings. The summed E-state index contributed by atoms with van der Waals surface area (Å²) in [7, 11) is 0. The van der Waals surface area contributed by atoms with E-state index in [9.17, 15) is 9.90 Å². The van der Waals surface area contributed by atoms with Gasteiger partial charge in [0.2, 0.25) is 0 Å². The molecular weight excluding hydrogens is 426 g/mol. The third-order valence-electron chi connectivity index (χ3n) is 6.00. The van der Waals surface area contributed by atoms with Crippen LogP contribution in [0.3, 0.4) is 0 Å². The molecule has 1 aliphatic heterocycles. The Balaban J connectivity index is 1.66. The van der Waals surface area contributed by atoms with Crippen LogP contribution in [0.1, 0.15) is 32.7 Å². The van der Waals surface area contributed by atoms with Crippen LogP contribution in [-0.2, 0) is 0 Å². The minimum absolute atomic E-state index is 0.0137. The van der Waals surface area contributed by atoms with Crippen molar-refractivity contribution in [3.8, 4) is 11.4 Å². The highest BCUT2D eigenvalue weighted by molar-refractivity contribution is 6.08. The topological polar surface area (TPSA) is 83.3 Å². The number of piperazine rings is 1. The van der Waals surface area contributed by atoms with Crippen molar-refractivity contribution in [1.29, 1.82) is 0 Å². The van der Waals surface area contributed by atoms with Crippen LogP contribution < -0.4 is 5.32 Å². The maximum atomic E-state index is 13.5. The van der Waals surface area contributed by atoms with Gasteiger partial charge >= 0.3 is 0 Å². The lowest BCUT2D eigenvalue weighted by Crippen LogP contribution is -2.46. The van der Waals surface area contributed by atoms with Gasteiger partial charge in [0.15, 0.2) is 5.65 Å². The molecule has 2 N–H and O–H groups in total. The molecule has 7 nitrogen and oxygen atoms in total. The van der Waals surface area contributed by atoms with Crippen LogP contribution in [0.5, 0.6) is 5.75 Å². The van der Waals surface area contributed by atoms with E-state index in [-0.39, 0.29) is 11.7 Å². The van der Waals surface area contributed by atoms with E-state index >= 15 is 0 Å². The van der Waals surface area contributed by atoms with Crippen LogP contribution in [0.4, 0.5) is 0 Å². The van der Waals surface area contributed by atoms with Crippen molar-refractivity contribution in [3.63, 3.8) is 0 Å². The number of aryl methyl sites for hydroxylation is 2. The SMILES string of the molecule is Cc1cc(C)cc(C=Cc2nn(-c3ccc(O)cc3)c3nccc(C(=O)N4CCNCC4)c23)c1. The lowest BCUT2D eigenvalue weighted by Gasteiger charge is -2.27. The standard InChI is InChI=1S/C27H27N5O2/c1-18-15-19(2)17-20(16-18)3-8-24-25-23(27(34)31-13-11-28-12-14-31)9-10-29-26(25)32(30-24)21-4-6-22(33)7-5-21/h3-10,15-17,28,33H,11-14H2,1-2H3. The number of carbonyl (C=O) groups is 1. The molecule has 3 heterocycles. The summed E-state index contributed by atoms with van der Waals surface area (Å²) in [5.74, 6) is 0.165. The number of nitrogens with one attached hydrogen (secondary N) is 1. The molecule has 1 fully saturated rings. The van der Waals surface area contributed by atoms with Crippen LogP contribution in [0.2, 0.25) is 0 Å². The van der Waals surface area contributed by atoms with Crippen molar-refractivity contribution in [3.05, 3.63) is 82.7 Å². The van der Waals surface area contributed by atoms with Crippen molar-refractivity contribution >= 4 is 29.1 Å². The molecule has 1 amide bonds. The van der Waals surface area contributed by atoms with Gasteiger partial charge in [0, 0.05) is 32.4 Å². The largest absolute Gasteiger partial charge is 0.508 e. The first-order valence-electron chi connectivity index (χ1n) is 11.4. The van der Waals surface area contributed by atoms with Crippen LogP contribution in [0.15, 0.2) is 54.7 Å². The van der Waals surface area contributed by atoms with Gasteiger partial charge in [0.25, 0.3) is 5.91 Å². The molecule has 5 rings (SSSR count). The zero-order chi connectivity index (χ0) is 23.7. The van der Waals surface area contributed by atoms with Gasteiger partial charge in [0.1, 0.15) is 5.75 Å². The third-order valence-corrected chi connectivity index (χ3v) is 6.00. The molecule has 0 saturated carbocycles. The van der Waals surface area contributed by atoms with Crippen LogP contribution >= 0.6 is 0 Å². The molecule has 0 spiro atoms. The van der Waals surface area contributed by atoms with Gasteiger partial charge in [-0.1, -0.05) is 35.4 Å². The van der Waals surface area contributed by atoms with Gasteiger partial charge in [-0.05, 0) is 55.8 Å². The predicted octanol–water partition coefficient (Wildman–Crippen LogP) is 3.96. The van der Waals surface area contributed by atoms with Crippen LogP contribution in [0, 0.1) is 13.8 Å².